The number of hydrogen-bond donors (Lipinski definition) is 1. The van der Waals surface area contributed by atoms with Crippen molar-refractivity contribution in [2.75, 3.05) is 11.9 Å². The van der Waals surface area contributed by atoms with Crippen LogP contribution in [0.25, 0.3) is 0 Å². The fourth-order valence-electron chi connectivity index (χ4n) is 2.49. The lowest BCUT2D eigenvalue weighted by Gasteiger charge is -2.26. The first-order valence-electron chi connectivity index (χ1n) is 6.39. The highest BCUT2D eigenvalue weighted by atomic mass is 35.5. The minimum atomic E-state index is -0.851. The van der Waals surface area contributed by atoms with Gasteiger partial charge in [-0.3, -0.25) is 4.79 Å². The normalized spacial score (nSPS) is 16.1. The molecule has 1 aliphatic rings. The second kappa shape index (κ2) is 4.96. The molecule has 0 aliphatic carbocycles. The average Bonchev–Trinajstić information content (AvgIpc) is 2.88. The number of fused-ring (bicyclic) bond motifs is 1. The molecule has 3 rings (SSSR count). The van der Waals surface area contributed by atoms with E-state index in [9.17, 15) is 9.90 Å². The molecule has 2 aromatic rings. The van der Waals surface area contributed by atoms with Gasteiger partial charge in [0.1, 0.15) is 11.9 Å². The van der Waals surface area contributed by atoms with Gasteiger partial charge in [-0.15, -0.1) is 0 Å². The number of carbonyl (C=O) groups is 1. The molecule has 0 fully saturated rings. The summed E-state index contributed by atoms with van der Waals surface area (Å²) in [5, 5.41) is 10.5. The Morgan fingerprint density at radius 2 is 2.10 bits per heavy atom. The van der Waals surface area contributed by atoms with Crippen molar-refractivity contribution in [1.82, 2.24) is 0 Å². The quantitative estimate of drug-likeness (QED) is 0.925. The van der Waals surface area contributed by atoms with Gasteiger partial charge in [0.2, 0.25) is 5.91 Å². The molecule has 1 aliphatic heterocycles. The van der Waals surface area contributed by atoms with Gasteiger partial charge in [0.25, 0.3) is 0 Å². The Morgan fingerprint density at radius 1 is 1.30 bits per heavy atom. The van der Waals surface area contributed by atoms with Crippen LogP contribution in [0.1, 0.15) is 29.4 Å². The first kappa shape index (κ1) is 13.2. The van der Waals surface area contributed by atoms with Crippen molar-refractivity contribution in [2.24, 2.45) is 0 Å². The fourth-order valence-corrected chi connectivity index (χ4v) is 2.64. The first-order chi connectivity index (χ1) is 9.56. The van der Waals surface area contributed by atoms with Crippen LogP contribution in [0.15, 0.2) is 34.7 Å². The zero-order chi connectivity index (χ0) is 14.3. The number of nitrogens with zero attached hydrogens (tertiary/aromatic N) is 1. The van der Waals surface area contributed by atoms with E-state index >= 15 is 0 Å². The van der Waals surface area contributed by atoms with Gasteiger partial charge in [0.05, 0.1) is 0 Å². The highest BCUT2D eigenvalue weighted by Gasteiger charge is 2.23. The van der Waals surface area contributed by atoms with E-state index in [1.165, 1.54) is 0 Å². The molecule has 1 amide bonds. The van der Waals surface area contributed by atoms with Crippen LogP contribution in [-0.2, 0) is 11.2 Å². The lowest BCUT2D eigenvalue weighted by Crippen LogP contribution is -2.31. The van der Waals surface area contributed by atoms with E-state index in [4.69, 9.17) is 16.0 Å². The molecule has 1 N–H and O–H groups in total. The highest BCUT2D eigenvalue weighted by Crippen LogP contribution is 2.32. The number of benzene rings is 1. The third-order valence-corrected chi connectivity index (χ3v) is 3.83. The van der Waals surface area contributed by atoms with E-state index in [0.29, 0.717) is 18.6 Å². The van der Waals surface area contributed by atoms with Crippen molar-refractivity contribution in [3.8, 4) is 0 Å². The molecule has 1 aromatic carbocycles. The Kier molecular flexibility index (Phi) is 3.28. The molecule has 1 unspecified atom stereocenters. The minimum Gasteiger partial charge on any atom is -0.447 e. The van der Waals surface area contributed by atoms with Crippen molar-refractivity contribution in [3.63, 3.8) is 0 Å². The zero-order valence-corrected chi connectivity index (χ0v) is 11.7. The van der Waals surface area contributed by atoms with Crippen molar-refractivity contribution < 1.29 is 14.3 Å². The van der Waals surface area contributed by atoms with Crippen molar-refractivity contribution in [3.05, 3.63) is 52.4 Å². The molecular formula is C15H14ClNO3. The molecule has 0 radical (unpaired) electrons. The van der Waals surface area contributed by atoms with E-state index in [1.807, 2.05) is 12.1 Å². The molecule has 0 spiro atoms. The number of aryl methyl sites for hydroxylation is 1. The number of aliphatic hydroxyl groups excluding tert-OH is 1. The summed E-state index contributed by atoms with van der Waals surface area (Å²) >= 11 is 5.72. The Balaban J connectivity index is 1.95. The number of anilines is 1. The van der Waals surface area contributed by atoms with Crippen LogP contribution in [0.5, 0.6) is 0 Å². The molecule has 1 atom stereocenters. The molecule has 0 bridgehead atoms. The summed E-state index contributed by atoms with van der Waals surface area (Å²) in [6.45, 7) is 0. The predicted octanol–water partition coefficient (Wildman–Crippen LogP) is 2.92. The molecule has 104 valence electrons. The van der Waals surface area contributed by atoms with E-state index in [1.54, 1.807) is 30.1 Å². The number of aliphatic hydroxyl groups is 1. The summed E-state index contributed by atoms with van der Waals surface area (Å²) in [4.78, 5) is 13.3. The standard InChI is InChI=1S/C15H14ClNO3/c1-17-11-4-2-10(8-9(11)3-7-14(17)18)15(19)12-5-6-13(16)20-12/h2,4-6,8,15,19H,3,7H2,1H3. The van der Waals surface area contributed by atoms with Crippen LogP contribution in [0, 0.1) is 0 Å². The lowest BCUT2D eigenvalue weighted by molar-refractivity contribution is -0.118. The first-order valence-corrected chi connectivity index (χ1v) is 6.77. The van der Waals surface area contributed by atoms with E-state index in [0.717, 1.165) is 16.8 Å². The third-order valence-electron chi connectivity index (χ3n) is 3.63. The van der Waals surface area contributed by atoms with Gasteiger partial charge >= 0.3 is 0 Å². The summed E-state index contributed by atoms with van der Waals surface area (Å²) in [5.74, 6) is 0.527. The van der Waals surface area contributed by atoms with Gasteiger partial charge in [0, 0.05) is 19.2 Å². The van der Waals surface area contributed by atoms with Gasteiger partial charge in [-0.25, -0.2) is 0 Å². The van der Waals surface area contributed by atoms with Crippen LogP contribution >= 0.6 is 11.6 Å². The van der Waals surface area contributed by atoms with Gasteiger partial charge in [0.15, 0.2) is 5.22 Å². The number of amides is 1. The Bertz CT molecular complexity index is 665. The van der Waals surface area contributed by atoms with Crippen molar-refractivity contribution in [2.45, 2.75) is 18.9 Å². The second-order valence-corrected chi connectivity index (χ2v) is 5.26. The predicted molar refractivity (Wildman–Crippen MR) is 76.0 cm³/mol. The Morgan fingerprint density at radius 3 is 2.80 bits per heavy atom. The maximum atomic E-state index is 11.6. The van der Waals surface area contributed by atoms with Gasteiger partial charge in [-0.05, 0) is 47.3 Å². The zero-order valence-electron chi connectivity index (χ0n) is 11.0. The molecule has 2 heterocycles. The lowest BCUT2D eigenvalue weighted by atomic mass is 9.96. The largest absolute Gasteiger partial charge is 0.447 e. The maximum absolute atomic E-state index is 11.6. The van der Waals surface area contributed by atoms with Gasteiger partial charge < -0.3 is 14.4 Å². The molecule has 20 heavy (non-hydrogen) atoms. The van der Waals surface area contributed by atoms with Gasteiger partial charge in [-0.2, -0.15) is 0 Å². The molecule has 4 nitrogen and oxygen atoms in total. The average molecular weight is 292 g/mol. The molecule has 0 saturated carbocycles. The van der Waals surface area contributed by atoms with E-state index in [2.05, 4.69) is 0 Å². The second-order valence-electron chi connectivity index (χ2n) is 4.89. The monoisotopic (exact) mass is 291 g/mol. The maximum Gasteiger partial charge on any atom is 0.227 e. The summed E-state index contributed by atoms with van der Waals surface area (Å²) in [7, 11) is 1.77. The Labute approximate surface area is 121 Å². The summed E-state index contributed by atoms with van der Waals surface area (Å²) in [6.07, 6.45) is 0.337. The van der Waals surface area contributed by atoms with Crippen LogP contribution in [-0.4, -0.2) is 18.1 Å². The van der Waals surface area contributed by atoms with Crippen molar-refractivity contribution >= 4 is 23.2 Å². The van der Waals surface area contributed by atoms with E-state index in [-0.39, 0.29) is 11.1 Å². The summed E-state index contributed by atoms with van der Waals surface area (Å²) in [6, 6.07) is 8.83. The van der Waals surface area contributed by atoms with Crippen LogP contribution in [0.3, 0.4) is 0 Å². The Hall–Kier alpha value is -1.78. The van der Waals surface area contributed by atoms with Crippen LogP contribution in [0.4, 0.5) is 5.69 Å². The van der Waals surface area contributed by atoms with Crippen molar-refractivity contribution in [1.29, 1.82) is 0 Å². The molecule has 0 saturated heterocycles. The molecular weight excluding hydrogens is 278 g/mol. The van der Waals surface area contributed by atoms with Crippen LogP contribution in [0.2, 0.25) is 5.22 Å². The topological polar surface area (TPSA) is 53.7 Å². The minimum absolute atomic E-state index is 0.114. The number of hydrogen-bond acceptors (Lipinski definition) is 3. The number of furan rings is 1. The number of halogens is 1. The summed E-state index contributed by atoms with van der Waals surface area (Å²) < 4.78 is 5.23. The number of rotatable bonds is 2. The number of carbonyl (C=O) groups excluding carboxylic acids is 1. The van der Waals surface area contributed by atoms with Gasteiger partial charge in [-0.1, -0.05) is 12.1 Å². The highest BCUT2D eigenvalue weighted by molar-refractivity contribution is 6.28. The summed E-state index contributed by atoms with van der Waals surface area (Å²) in [5.41, 5.74) is 2.69. The smallest absolute Gasteiger partial charge is 0.227 e. The van der Waals surface area contributed by atoms with Crippen LogP contribution < -0.4 is 4.90 Å². The SMILES string of the molecule is CN1C(=O)CCc2cc(C(O)c3ccc(Cl)o3)ccc21. The fraction of sp³-hybridized carbons (Fsp3) is 0.267. The molecule has 1 aromatic heterocycles. The van der Waals surface area contributed by atoms with E-state index < -0.39 is 6.10 Å². The third kappa shape index (κ3) is 2.21. The molecule has 5 heteroatoms.